The molecule has 4 rings (SSSR count). The SMILES string of the molecule is CCN1CCC2(CC1)OC(=O)C(C)=C2C(O)N1CCN(C2=CC(Cl)C(C)C=C2)CC1. The largest absolute Gasteiger partial charge is 0.451 e. The number of piperazine rings is 1. The number of aliphatic hydroxyl groups excluding tert-OH is 1. The molecule has 1 spiro atoms. The average Bonchev–Trinajstić information content (AvgIpc) is 2.99. The standard InChI is InChI=1S/C23H34ClN3O3/c1-4-25-9-7-23(8-10-25)20(17(3)22(29)30-23)21(28)27-13-11-26(12-14-27)18-6-5-16(2)19(24)15-18/h5-6,15-16,19,21,28H,4,7-14H2,1-3H3. The van der Waals surface area contributed by atoms with E-state index < -0.39 is 11.8 Å². The number of esters is 1. The zero-order chi connectivity index (χ0) is 21.5. The first-order valence-electron chi connectivity index (χ1n) is 11.2. The predicted octanol–water partition coefficient (Wildman–Crippen LogP) is 2.35. The number of hydrogen-bond acceptors (Lipinski definition) is 6. The number of likely N-dealkylation sites (tertiary alicyclic amines) is 1. The van der Waals surface area contributed by atoms with Crippen molar-refractivity contribution in [2.45, 2.75) is 50.8 Å². The molecular weight excluding hydrogens is 402 g/mol. The highest BCUT2D eigenvalue weighted by molar-refractivity contribution is 6.22. The second-order valence-corrected chi connectivity index (χ2v) is 9.51. The van der Waals surface area contributed by atoms with Crippen molar-refractivity contribution in [3.63, 3.8) is 0 Å². The number of carbonyl (C=O) groups excluding carboxylic acids is 1. The minimum absolute atomic E-state index is 0.0249. The maximum atomic E-state index is 12.5. The van der Waals surface area contributed by atoms with Crippen LogP contribution in [0.4, 0.5) is 0 Å². The molecule has 0 radical (unpaired) electrons. The average molecular weight is 436 g/mol. The number of nitrogens with zero attached hydrogens (tertiary/aromatic N) is 3. The van der Waals surface area contributed by atoms with Crippen molar-refractivity contribution < 1.29 is 14.6 Å². The monoisotopic (exact) mass is 435 g/mol. The van der Waals surface area contributed by atoms with Gasteiger partial charge in [0.2, 0.25) is 0 Å². The van der Waals surface area contributed by atoms with Gasteiger partial charge >= 0.3 is 5.97 Å². The van der Waals surface area contributed by atoms with Gasteiger partial charge in [-0.15, -0.1) is 11.6 Å². The molecule has 1 aliphatic carbocycles. The summed E-state index contributed by atoms with van der Waals surface area (Å²) in [5, 5.41) is 11.4. The second kappa shape index (κ2) is 8.65. The van der Waals surface area contributed by atoms with Crippen molar-refractivity contribution in [2.75, 3.05) is 45.8 Å². The molecule has 0 amide bonds. The van der Waals surface area contributed by atoms with Crippen LogP contribution in [0.25, 0.3) is 0 Å². The molecule has 3 unspecified atom stereocenters. The fraction of sp³-hybridized carbons (Fsp3) is 0.696. The summed E-state index contributed by atoms with van der Waals surface area (Å²) >= 11 is 6.42. The van der Waals surface area contributed by atoms with Crippen LogP contribution in [0.5, 0.6) is 0 Å². The van der Waals surface area contributed by atoms with Crippen molar-refractivity contribution in [3.05, 3.63) is 35.1 Å². The molecule has 0 saturated carbocycles. The summed E-state index contributed by atoms with van der Waals surface area (Å²) in [7, 11) is 0. The number of alkyl halides is 1. The van der Waals surface area contributed by atoms with Crippen LogP contribution in [-0.2, 0) is 9.53 Å². The van der Waals surface area contributed by atoms with E-state index in [1.54, 1.807) is 6.92 Å². The molecule has 3 atom stereocenters. The van der Waals surface area contributed by atoms with E-state index in [4.69, 9.17) is 16.3 Å². The Morgan fingerprint density at radius 1 is 1.23 bits per heavy atom. The van der Waals surface area contributed by atoms with Crippen LogP contribution in [-0.4, -0.2) is 88.8 Å². The first-order valence-corrected chi connectivity index (χ1v) is 11.7. The summed E-state index contributed by atoms with van der Waals surface area (Å²) in [5.41, 5.74) is 1.91. The van der Waals surface area contributed by atoms with E-state index in [2.05, 4.69) is 46.8 Å². The number of allylic oxidation sites excluding steroid dienone is 3. The van der Waals surface area contributed by atoms with Crippen LogP contribution in [0.2, 0.25) is 0 Å². The number of hydrogen-bond donors (Lipinski definition) is 1. The van der Waals surface area contributed by atoms with E-state index in [9.17, 15) is 9.90 Å². The van der Waals surface area contributed by atoms with Crippen molar-refractivity contribution in [3.8, 4) is 0 Å². The van der Waals surface area contributed by atoms with E-state index >= 15 is 0 Å². The number of aliphatic hydroxyl groups is 1. The lowest BCUT2D eigenvalue weighted by Crippen LogP contribution is -2.54. The summed E-state index contributed by atoms with van der Waals surface area (Å²) in [6, 6.07) is 0. The second-order valence-electron chi connectivity index (χ2n) is 9.01. The smallest absolute Gasteiger partial charge is 0.334 e. The highest BCUT2D eigenvalue weighted by Crippen LogP contribution is 2.43. The van der Waals surface area contributed by atoms with Crippen LogP contribution in [0.3, 0.4) is 0 Å². The molecule has 7 heteroatoms. The van der Waals surface area contributed by atoms with Gasteiger partial charge in [-0.05, 0) is 31.5 Å². The maximum absolute atomic E-state index is 12.5. The van der Waals surface area contributed by atoms with Crippen LogP contribution in [0, 0.1) is 5.92 Å². The minimum atomic E-state index is -0.775. The Balaban J connectivity index is 1.44. The molecule has 3 heterocycles. The number of rotatable bonds is 4. The zero-order valence-electron chi connectivity index (χ0n) is 18.3. The summed E-state index contributed by atoms with van der Waals surface area (Å²) < 4.78 is 5.89. The highest BCUT2D eigenvalue weighted by atomic mass is 35.5. The van der Waals surface area contributed by atoms with Gasteiger partial charge in [-0.2, -0.15) is 0 Å². The molecule has 30 heavy (non-hydrogen) atoms. The fourth-order valence-corrected chi connectivity index (χ4v) is 5.35. The van der Waals surface area contributed by atoms with Crippen LogP contribution >= 0.6 is 11.6 Å². The molecule has 2 saturated heterocycles. The lowest BCUT2D eigenvalue weighted by atomic mass is 9.82. The van der Waals surface area contributed by atoms with Gasteiger partial charge < -0.3 is 19.6 Å². The molecule has 0 aromatic rings. The zero-order valence-corrected chi connectivity index (χ0v) is 19.1. The maximum Gasteiger partial charge on any atom is 0.334 e. The molecule has 2 fully saturated rings. The number of carbonyl (C=O) groups is 1. The van der Waals surface area contributed by atoms with E-state index in [0.717, 1.165) is 64.2 Å². The van der Waals surface area contributed by atoms with Gasteiger partial charge in [0.05, 0.1) is 5.38 Å². The van der Waals surface area contributed by atoms with E-state index in [1.165, 1.54) is 5.70 Å². The van der Waals surface area contributed by atoms with Crippen molar-refractivity contribution in [1.29, 1.82) is 0 Å². The number of ether oxygens (including phenoxy) is 1. The first-order chi connectivity index (χ1) is 14.3. The summed E-state index contributed by atoms with van der Waals surface area (Å²) in [6.45, 7) is 12.0. The Morgan fingerprint density at radius 2 is 1.90 bits per heavy atom. The Labute approximate surface area is 184 Å². The van der Waals surface area contributed by atoms with Crippen LogP contribution in [0.1, 0.15) is 33.6 Å². The molecule has 3 aliphatic heterocycles. The van der Waals surface area contributed by atoms with Gasteiger partial charge in [0.15, 0.2) is 0 Å². The molecule has 4 aliphatic rings. The predicted molar refractivity (Wildman–Crippen MR) is 118 cm³/mol. The Kier molecular flexibility index (Phi) is 6.31. The van der Waals surface area contributed by atoms with Gasteiger partial charge in [0.25, 0.3) is 0 Å². The Hall–Kier alpha value is -1.34. The van der Waals surface area contributed by atoms with Gasteiger partial charge in [-0.25, -0.2) is 4.79 Å². The van der Waals surface area contributed by atoms with Crippen LogP contribution in [0.15, 0.2) is 35.1 Å². The van der Waals surface area contributed by atoms with E-state index in [-0.39, 0.29) is 11.3 Å². The first kappa shape index (κ1) is 21.9. The number of piperidine rings is 1. The third-order valence-corrected chi connectivity index (χ3v) is 7.81. The normalized spacial score (nSPS) is 31.3. The molecular formula is C23H34ClN3O3. The lowest BCUT2D eigenvalue weighted by molar-refractivity contribution is -0.151. The Bertz CT molecular complexity index is 762. The molecule has 166 valence electrons. The summed E-state index contributed by atoms with van der Waals surface area (Å²) in [6.07, 6.45) is 7.18. The molecule has 6 nitrogen and oxygen atoms in total. The van der Waals surface area contributed by atoms with Gasteiger partial charge in [0, 0.05) is 69.0 Å². The minimum Gasteiger partial charge on any atom is -0.451 e. The van der Waals surface area contributed by atoms with Gasteiger partial charge in [-0.3, -0.25) is 4.90 Å². The molecule has 0 bridgehead atoms. The fourth-order valence-electron chi connectivity index (χ4n) is 5.14. The van der Waals surface area contributed by atoms with Crippen molar-refractivity contribution in [1.82, 2.24) is 14.7 Å². The van der Waals surface area contributed by atoms with Crippen molar-refractivity contribution >= 4 is 17.6 Å². The van der Waals surface area contributed by atoms with Gasteiger partial charge in [-0.1, -0.05) is 19.9 Å². The number of halogens is 1. The third kappa shape index (κ3) is 3.95. The highest BCUT2D eigenvalue weighted by Gasteiger charge is 2.51. The quantitative estimate of drug-likeness (QED) is 0.540. The van der Waals surface area contributed by atoms with E-state index in [1.807, 2.05) is 0 Å². The van der Waals surface area contributed by atoms with E-state index in [0.29, 0.717) is 11.5 Å². The molecule has 0 aromatic heterocycles. The lowest BCUT2D eigenvalue weighted by Gasteiger charge is -2.44. The summed E-state index contributed by atoms with van der Waals surface area (Å²) in [5.74, 6) is 0.0797. The molecule has 1 N–H and O–H groups in total. The topological polar surface area (TPSA) is 56.2 Å². The van der Waals surface area contributed by atoms with Gasteiger partial charge in [0.1, 0.15) is 11.8 Å². The summed E-state index contributed by atoms with van der Waals surface area (Å²) in [4.78, 5) is 19.2. The van der Waals surface area contributed by atoms with Crippen LogP contribution < -0.4 is 0 Å². The Morgan fingerprint density at radius 3 is 2.50 bits per heavy atom. The third-order valence-electron chi connectivity index (χ3n) is 7.29. The van der Waals surface area contributed by atoms with Crippen molar-refractivity contribution in [2.24, 2.45) is 5.92 Å². The molecule has 0 aromatic carbocycles.